The lowest BCUT2D eigenvalue weighted by atomic mass is 9.81. The van der Waals surface area contributed by atoms with Gasteiger partial charge < -0.3 is 0 Å². The number of amides is 2. The van der Waals surface area contributed by atoms with Gasteiger partial charge in [0.2, 0.25) is 0 Å². The number of hydrogen-bond donors (Lipinski definition) is 0. The molecule has 25 heavy (non-hydrogen) atoms. The molecule has 126 valence electrons. The van der Waals surface area contributed by atoms with E-state index in [1.165, 1.54) is 10.5 Å². The van der Waals surface area contributed by atoms with Crippen LogP contribution in [0.1, 0.15) is 49.9 Å². The lowest BCUT2D eigenvalue weighted by molar-refractivity contribution is 0.0650. The Hall–Kier alpha value is -2.68. The fourth-order valence-corrected chi connectivity index (χ4v) is 4.36. The van der Waals surface area contributed by atoms with E-state index in [1.807, 2.05) is 20.8 Å². The Balaban J connectivity index is 2.46. The quantitative estimate of drug-likeness (QED) is 0.636. The van der Waals surface area contributed by atoms with Crippen LogP contribution in [-0.4, -0.2) is 23.8 Å². The fourth-order valence-electron chi connectivity index (χ4n) is 4.36. The summed E-state index contributed by atoms with van der Waals surface area (Å²) in [6.07, 6.45) is 0.885. The second-order valence-electron chi connectivity index (χ2n) is 7.08. The molecule has 0 atom stereocenters. The van der Waals surface area contributed by atoms with Gasteiger partial charge in [-0.05, 0) is 70.8 Å². The average molecular weight is 331 g/mol. The van der Waals surface area contributed by atoms with Gasteiger partial charge in [0.1, 0.15) is 0 Å². The van der Waals surface area contributed by atoms with E-state index in [-0.39, 0.29) is 11.8 Å². The summed E-state index contributed by atoms with van der Waals surface area (Å²) in [6.45, 7) is 12.4. The van der Waals surface area contributed by atoms with Crippen LogP contribution in [0.4, 0.5) is 0 Å². The molecule has 0 spiro atoms. The van der Waals surface area contributed by atoms with Crippen LogP contribution in [0.3, 0.4) is 0 Å². The van der Waals surface area contributed by atoms with E-state index < -0.39 is 0 Å². The van der Waals surface area contributed by atoms with Crippen LogP contribution in [0.25, 0.3) is 28.1 Å². The van der Waals surface area contributed by atoms with Crippen LogP contribution in [0.2, 0.25) is 0 Å². The van der Waals surface area contributed by atoms with Crippen molar-refractivity contribution in [3.8, 4) is 0 Å². The molecule has 3 aromatic rings. The smallest absolute Gasteiger partial charge is 0.261 e. The van der Waals surface area contributed by atoms with Crippen LogP contribution in [0.5, 0.6) is 0 Å². The van der Waals surface area contributed by atoms with Crippen LogP contribution >= 0.6 is 0 Å². The van der Waals surface area contributed by atoms with Crippen molar-refractivity contribution >= 4 is 39.9 Å². The van der Waals surface area contributed by atoms with Gasteiger partial charge in [0.15, 0.2) is 0 Å². The minimum absolute atomic E-state index is 0.209. The van der Waals surface area contributed by atoms with Crippen molar-refractivity contribution in [1.29, 1.82) is 0 Å². The zero-order valence-corrected chi connectivity index (χ0v) is 15.3. The van der Waals surface area contributed by atoms with E-state index in [4.69, 9.17) is 0 Å². The predicted molar refractivity (Wildman–Crippen MR) is 102 cm³/mol. The first-order valence-electron chi connectivity index (χ1n) is 8.62. The molecule has 0 fully saturated rings. The number of carbonyl (C=O) groups is 2. The van der Waals surface area contributed by atoms with Gasteiger partial charge in [-0.25, -0.2) is 0 Å². The molecule has 0 N–H and O–H groups in total. The summed E-state index contributed by atoms with van der Waals surface area (Å²) in [5.74, 6) is -0.423. The summed E-state index contributed by atoms with van der Waals surface area (Å²) in [5, 5.41) is 5.02. The number of carbonyl (C=O) groups excluding carboxylic acids is 2. The van der Waals surface area contributed by atoms with E-state index in [0.29, 0.717) is 11.1 Å². The van der Waals surface area contributed by atoms with Crippen LogP contribution in [0.15, 0.2) is 12.1 Å². The average Bonchev–Trinajstić information content (AvgIpc) is 2.57. The van der Waals surface area contributed by atoms with Crippen LogP contribution in [0, 0.1) is 20.8 Å². The highest BCUT2D eigenvalue weighted by atomic mass is 16.2. The maximum Gasteiger partial charge on any atom is 0.261 e. The molecule has 1 aliphatic rings. The summed E-state index contributed by atoms with van der Waals surface area (Å²) < 4.78 is 0. The van der Waals surface area contributed by atoms with Gasteiger partial charge in [0.25, 0.3) is 11.8 Å². The third-order valence-electron chi connectivity index (χ3n) is 5.77. The Kier molecular flexibility index (Phi) is 3.11. The summed E-state index contributed by atoms with van der Waals surface area (Å²) in [4.78, 5) is 27.0. The number of benzene rings is 3. The second-order valence-corrected chi connectivity index (χ2v) is 7.08. The van der Waals surface area contributed by atoms with Gasteiger partial charge in [-0.1, -0.05) is 25.6 Å². The third kappa shape index (κ3) is 1.76. The molecule has 1 heterocycles. The summed E-state index contributed by atoms with van der Waals surface area (Å²) >= 11 is 0. The molecule has 2 amide bonds. The van der Waals surface area contributed by atoms with Gasteiger partial charge >= 0.3 is 0 Å². The largest absolute Gasteiger partial charge is 0.277 e. The monoisotopic (exact) mass is 331 g/mol. The molecule has 0 unspecified atom stereocenters. The number of nitrogens with zero attached hydrogens (tertiary/aromatic N) is 1. The van der Waals surface area contributed by atoms with Gasteiger partial charge in [-0.2, -0.15) is 0 Å². The molecule has 0 aromatic heterocycles. The minimum atomic E-state index is -0.214. The first-order valence-corrected chi connectivity index (χ1v) is 8.62. The normalized spacial score (nSPS) is 14.2. The van der Waals surface area contributed by atoms with Crippen molar-refractivity contribution in [2.75, 3.05) is 7.05 Å². The van der Waals surface area contributed by atoms with Crippen molar-refractivity contribution < 1.29 is 9.59 Å². The van der Waals surface area contributed by atoms with E-state index in [2.05, 4.69) is 25.6 Å². The maximum absolute atomic E-state index is 12.9. The molecular weight excluding hydrogens is 310 g/mol. The highest BCUT2D eigenvalue weighted by Gasteiger charge is 2.35. The Morgan fingerprint density at radius 3 is 2.20 bits per heavy atom. The molecule has 0 aliphatic carbocycles. The van der Waals surface area contributed by atoms with E-state index >= 15 is 0 Å². The Bertz CT molecular complexity index is 1170. The molecule has 1 aliphatic heterocycles. The van der Waals surface area contributed by atoms with Crippen molar-refractivity contribution in [2.24, 2.45) is 0 Å². The first kappa shape index (κ1) is 15.8. The molecule has 0 bridgehead atoms. The fraction of sp³-hybridized carbons (Fsp3) is 0.273. The lowest BCUT2D eigenvalue weighted by Crippen LogP contribution is -2.38. The SMILES string of the molecule is C=c1cc(CC)c2cc(C)c3c4c(c(C)c(C)c1c24)C(=O)N(C)C3=O. The Labute approximate surface area is 146 Å². The highest BCUT2D eigenvalue weighted by molar-refractivity contribution is 6.32. The summed E-state index contributed by atoms with van der Waals surface area (Å²) in [7, 11) is 1.57. The zero-order valence-electron chi connectivity index (χ0n) is 15.3. The lowest BCUT2D eigenvalue weighted by Gasteiger charge is -2.29. The molecule has 4 rings (SSSR count). The van der Waals surface area contributed by atoms with Crippen LogP contribution in [-0.2, 0) is 6.42 Å². The molecule has 3 heteroatoms. The molecule has 3 nitrogen and oxygen atoms in total. The van der Waals surface area contributed by atoms with Crippen molar-refractivity contribution in [2.45, 2.75) is 34.1 Å². The standard InChI is InChI=1S/C22H21NO2/c1-7-14-8-10(2)16-12(4)13(5)18-20-17(21(24)23(6)22(18)25)11(3)9-15(14)19(16)20/h8-9H,2,7H2,1,3-6H3. The van der Waals surface area contributed by atoms with Crippen molar-refractivity contribution in [3.63, 3.8) is 0 Å². The Morgan fingerprint density at radius 2 is 1.56 bits per heavy atom. The highest BCUT2D eigenvalue weighted by Crippen LogP contribution is 2.41. The molecule has 3 aromatic carbocycles. The molecular formula is C22H21NO2. The van der Waals surface area contributed by atoms with Gasteiger partial charge in [-0.15, -0.1) is 0 Å². The van der Waals surface area contributed by atoms with Gasteiger partial charge in [0, 0.05) is 12.4 Å². The first-order chi connectivity index (χ1) is 11.8. The van der Waals surface area contributed by atoms with E-state index in [0.717, 1.165) is 49.9 Å². The number of rotatable bonds is 1. The van der Waals surface area contributed by atoms with Crippen molar-refractivity contribution in [1.82, 2.24) is 4.90 Å². The molecule has 0 saturated heterocycles. The topological polar surface area (TPSA) is 37.4 Å². The molecule has 0 saturated carbocycles. The van der Waals surface area contributed by atoms with Crippen LogP contribution < -0.4 is 5.22 Å². The van der Waals surface area contributed by atoms with Gasteiger partial charge in [-0.3, -0.25) is 14.5 Å². The Morgan fingerprint density at radius 1 is 0.920 bits per heavy atom. The number of hydrogen-bond acceptors (Lipinski definition) is 2. The maximum atomic E-state index is 12.9. The molecule has 0 radical (unpaired) electrons. The predicted octanol–water partition coefficient (Wildman–Crippen LogP) is 3.84. The second kappa shape index (κ2) is 4.92. The third-order valence-corrected chi connectivity index (χ3v) is 5.77. The number of imide groups is 1. The van der Waals surface area contributed by atoms with E-state index in [1.54, 1.807) is 7.05 Å². The zero-order chi connectivity index (χ0) is 18.2. The number of aryl methyl sites for hydroxylation is 3. The minimum Gasteiger partial charge on any atom is -0.277 e. The van der Waals surface area contributed by atoms with E-state index in [9.17, 15) is 9.59 Å². The van der Waals surface area contributed by atoms with Crippen molar-refractivity contribution in [3.05, 3.63) is 50.7 Å². The summed E-state index contributed by atoms with van der Waals surface area (Å²) in [5.41, 5.74) is 5.48. The van der Waals surface area contributed by atoms with Gasteiger partial charge in [0.05, 0.1) is 11.1 Å². The summed E-state index contributed by atoms with van der Waals surface area (Å²) in [6, 6.07) is 4.24.